The second kappa shape index (κ2) is 53.6. The molecule has 7 heteroatoms. The van der Waals surface area contributed by atoms with Gasteiger partial charge in [-0.1, -0.05) is 252 Å². The van der Waals surface area contributed by atoms with Crippen molar-refractivity contribution in [2.75, 3.05) is 52.5 Å². The van der Waals surface area contributed by atoms with Crippen LogP contribution in [0.3, 0.4) is 0 Å². The molecule has 71 heavy (non-hydrogen) atoms. The summed E-state index contributed by atoms with van der Waals surface area (Å²) >= 11 is 0. The number of rotatable bonds is 58. The van der Waals surface area contributed by atoms with Crippen molar-refractivity contribution in [3.63, 3.8) is 0 Å². The monoisotopic (exact) mass is 1000 g/mol. The molecule has 0 bridgehead atoms. The van der Waals surface area contributed by atoms with Crippen LogP contribution < -0.4 is 0 Å². The van der Waals surface area contributed by atoms with Crippen molar-refractivity contribution in [2.24, 2.45) is 11.8 Å². The molecule has 1 N–H and O–H groups in total. The molecule has 0 amide bonds. The van der Waals surface area contributed by atoms with Gasteiger partial charge in [0.15, 0.2) is 0 Å². The SMILES string of the molecule is CCCCCCCCCCC(CCCCCCCCCC)COC(=O)CCCCCN(CCCCCC(=O)OCC(CCCCCCCCCC)CCCCCCCCCC)CCN(CCO)C1CCC1. The Morgan fingerprint density at radius 1 is 0.394 bits per heavy atom. The van der Waals surface area contributed by atoms with Crippen LogP contribution in [0.5, 0.6) is 0 Å². The predicted molar refractivity (Wildman–Crippen MR) is 307 cm³/mol. The molecule has 422 valence electrons. The summed E-state index contributed by atoms with van der Waals surface area (Å²) in [5.74, 6) is 1.03. The predicted octanol–water partition coefficient (Wildman–Crippen LogP) is 18.7. The van der Waals surface area contributed by atoms with E-state index in [1.165, 1.54) is 250 Å². The lowest BCUT2D eigenvalue weighted by Gasteiger charge is -2.38. The largest absolute Gasteiger partial charge is 0.465 e. The summed E-state index contributed by atoms with van der Waals surface area (Å²) in [6.07, 6.45) is 58.8. The lowest BCUT2D eigenvalue weighted by atomic mass is 9.91. The number of hydrogen-bond acceptors (Lipinski definition) is 7. The molecule has 1 aliphatic rings. The standard InChI is InChI=1S/C64H126N2O5/c1-5-9-13-17-21-25-29-35-44-60(45-36-30-26-22-18-14-10-6-2)58-70-63(68)50-39-33-41-52-65(54-55-66(56-57-67)62-48-43-49-62)53-42-34-40-51-64(69)71-59-61(46-37-31-27-23-19-15-11-7-3)47-38-32-28-24-20-16-12-8-4/h60-62,67H,5-59H2,1-4H3. The van der Waals surface area contributed by atoms with Crippen molar-refractivity contribution in [3.05, 3.63) is 0 Å². The van der Waals surface area contributed by atoms with Crippen LogP contribution in [0.2, 0.25) is 0 Å². The van der Waals surface area contributed by atoms with E-state index in [1.807, 2.05) is 0 Å². The molecule has 0 atom stereocenters. The third-order valence-corrected chi connectivity index (χ3v) is 16.2. The minimum atomic E-state index is -0.000101. The van der Waals surface area contributed by atoms with Crippen molar-refractivity contribution >= 4 is 11.9 Å². The van der Waals surface area contributed by atoms with E-state index in [0.717, 1.165) is 71.2 Å². The zero-order valence-corrected chi connectivity index (χ0v) is 48.6. The van der Waals surface area contributed by atoms with Crippen molar-refractivity contribution in [3.8, 4) is 0 Å². The zero-order valence-electron chi connectivity index (χ0n) is 48.6. The van der Waals surface area contributed by atoms with E-state index in [4.69, 9.17) is 9.47 Å². The summed E-state index contributed by atoms with van der Waals surface area (Å²) in [4.78, 5) is 31.2. The summed E-state index contributed by atoms with van der Waals surface area (Å²) in [7, 11) is 0. The fraction of sp³-hybridized carbons (Fsp3) is 0.969. The van der Waals surface area contributed by atoms with Gasteiger partial charge in [-0.05, 0) is 89.1 Å². The van der Waals surface area contributed by atoms with Gasteiger partial charge in [0.25, 0.3) is 0 Å². The van der Waals surface area contributed by atoms with Crippen LogP contribution in [0.1, 0.15) is 329 Å². The van der Waals surface area contributed by atoms with Gasteiger partial charge in [0.1, 0.15) is 0 Å². The molecule has 1 rings (SSSR count). The highest BCUT2D eigenvalue weighted by atomic mass is 16.5. The maximum Gasteiger partial charge on any atom is 0.305 e. The average molecular weight is 1000 g/mol. The van der Waals surface area contributed by atoms with E-state index in [9.17, 15) is 14.7 Å². The smallest absolute Gasteiger partial charge is 0.305 e. The summed E-state index contributed by atoms with van der Waals surface area (Å²) in [6, 6.07) is 0.626. The van der Waals surface area contributed by atoms with Gasteiger partial charge in [0.2, 0.25) is 0 Å². The van der Waals surface area contributed by atoms with E-state index in [1.54, 1.807) is 0 Å². The van der Waals surface area contributed by atoms with Crippen LogP contribution in [0, 0.1) is 11.8 Å². The van der Waals surface area contributed by atoms with Crippen LogP contribution in [0.15, 0.2) is 0 Å². The third-order valence-electron chi connectivity index (χ3n) is 16.2. The highest BCUT2D eigenvalue weighted by molar-refractivity contribution is 5.69. The molecular weight excluding hydrogens is 877 g/mol. The van der Waals surface area contributed by atoms with Gasteiger partial charge < -0.3 is 19.5 Å². The fourth-order valence-electron chi connectivity index (χ4n) is 11.0. The number of ether oxygens (including phenoxy) is 2. The van der Waals surface area contributed by atoms with Crippen LogP contribution in [0.25, 0.3) is 0 Å². The Kier molecular flexibility index (Phi) is 51.2. The molecule has 1 fully saturated rings. The van der Waals surface area contributed by atoms with Gasteiger partial charge >= 0.3 is 11.9 Å². The Balaban J connectivity index is 2.54. The van der Waals surface area contributed by atoms with Gasteiger partial charge in [-0.15, -0.1) is 0 Å². The van der Waals surface area contributed by atoms with Crippen molar-refractivity contribution < 1.29 is 24.2 Å². The minimum absolute atomic E-state index is 0.000101. The molecule has 0 unspecified atom stereocenters. The molecule has 0 aromatic heterocycles. The number of nitrogens with zero attached hydrogens (tertiary/aromatic N) is 2. The number of carbonyl (C=O) groups excluding carboxylic acids is 2. The molecule has 0 spiro atoms. The first-order valence-corrected chi connectivity index (χ1v) is 32.4. The first-order chi connectivity index (χ1) is 35.0. The van der Waals surface area contributed by atoms with Crippen LogP contribution in [-0.2, 0) is 19.1 Å². The highest BCUT2D eigenvalue weighted by Crippen LogP contribution is 2.25. The Bertz CT molecular complexity index is 991. The number of carbonyl (C=O) groups is 2. The maximum atomic E-state index is 13.0. The summed E-state index contributed by atoms with van der Waals surface area (Å²) < 4.78 is 12.0. The Morgan fingerprint density at radius 2 is 0.704 bits per heavy atom. The van der Waals surface area contributed by atoms with Crippen LogP contribution in [-0.4, -0.2) is 85.4 Å². The van der Waals surface area contributed by atoms with Crippen LogP contribution in [0.4, 0.5) is 0 Å². The maximum absolute atomic E-state index is 13.0. The molecule has 0 aromatic carbocycles. The minimum Gasteiger partial charge on any atom is -0.465 e. The second-order valence-electron chi connectivity index (χ2n) is 23.0. The molecule has 1 saturated carbocycles. The molecule has 0 aliphatic heterocycles. The quantitative estimate of drug-likeness (QED) is 0.0480. The third kappa shape index (κ3) is 44.8. The van der Waals surface area contributed by atoms with E-state index >= 15 is 0 Å². The van der Waals surface area contributed by atoms with E-state index in [0.29, 0.717) is 43.9 Å². The molecule has 7 nitrogen and oxygen atoms in total. The summed E-state index contributed by atoms with van der Waals surface area (Å²) in [6.45, 7) is 15.5. The number of esters is 2. The van der Waals surface area contributed by atoms with Crippen LogP contribution >= 0.6 is 0 Å². The Labute approximate surface area is 444 Å². The topological polar surface area (TPSA) is 79.3 Å². The molecule has 0 saturated heterocycles. The lowest BCUT2D eigenvalue weighted by Crippen LogP contribution is -2.45. The van der Waals surface area contributed by atoms with Crippen molar-refractivity contribution in [2.45, 2.75) is 336 Å². The first kappa shape index (κ1) is 67.8. The second-order valence-corrected chi connectivity index (χ2v) is 23.0. The van der Waals surface area contributed by atoms with Gasteiger partial charge in [-0.25, -0.2) is 0 Å². The number of aliphatic hydroxyl groups excluding tert-OH is 1. The molecule has 0 aromatic rings. The Morgan fingerprint density at radius 3 is 1.00 bits per heavy atom. The van der Waals surface area contributed by atoms with Crippen molar-refractivity contribution in [1.82, 2.24) is 9.80 Å². The van der Waals surface area contributed by atoms with Gasteiger partial charge in [0.05, 0.1) is 19.8 Å². The average Bonchev–Trinajstić information content (AvgIpc) is 3.35. The number of hydrogen-bond donors (Lipinski definition) is 1. The number of aliphatic hydroxyl groups is 1. The summed E-state index contributed by atoms with van der Waals surface area (Å²) in [5.41, 5.74) is 0. The zero-order chi connectivity index (χ0) is 51.3. The normalized spacial score (nSPS) is 13.1. The summed E-state index contributed by atoms with van der Waals surface area (Å²) in [5, 5.41) is 9.82. The van der Waals surface area contributed by atoms with Crippen molar-refractivity contribution in [1.29, 1.82) is 0 Å². The highest BCUT2D eigenvalue weighted by Gasteiger charge is 2.25. The van der Waals surface area contributed by atoms with E-state index in [2.05, 4.69) is 37.5 Å². The van der Waals surface area contributed by atoms with E-state index in [-0.39, 0.29) is 18.5 Å². The fourth-order valence-corrected chi connectivity index (χ4v) is 11.0. The molecular formula is C64H126N2O5. The Hall–Kier alpha value is -1.18. The lowest BCUT2D eigenvalue weighted by molar-refractivity contribution is -0.146. The van der Waals surface area contributed by atoms with E-state index < -0.39 is 0 Å². The first-order valence-electron chi connectivity index (χ1n) is 32.4. The molecule has 0 radical (unpaired) electrons. The number of unbranched alkanes of at least 4 members (excludes halogenated alkanes) is 32. The van der Waals surface area contributed by atoms with Gasteiger partial charge in [-0.2, -0.15) is 0 Å². The molecule has 0 heterocycles. The van der Waals surface area contributed by atoms with Gasteiger partial charge in [0, 0.05) is 38.5 Å². The van der Waals surface area contributed by atoms with Gasteiger partial charge in [-0.3, -0.25) is 14.5 Å². The molecule has 1 aliphatic carbocycles.